The van der Waals surface area contributed by atoms with Crippen LogP contribution in [0.1, 0.15) is 66.9 Å². The Hall–Kier alpha value is -3.31. The Bertz CT molecular complexity index is 1130. The maximum absolute atomic E-state index is 13.0. The van der Waals surface area contributed by atoms with Gasteiger partial charge in [-0.05, 0) is 82.7 Å². The number of benzene rings is 1. The zero-order chi connectivity index (χ0) is 24.7. The van der Waals surface area contributed by atoms with Gasteiger partial charge in [0.15, 0.2) is 11.5 Å². The summed E-state index contributed by atoms with van der Waals surface area (Å²) >= 11 is 1.39. The number of aryl methyl sites for hydroxylation is 1. The van der Waals surface area contributed by atoms with Gasteiger partial charge in [0.25, 0.3) is 5.91 Å². The highest BCUT2D eigenvalue weighted by atomic mass is 32.1. The Morgan fingerprint density at radius 1 is 1.18 bits per heavy atom. The number of nitrogens with zero attached hydrogens (tertiary/aromatic N) is 1. The summed E-state index contributed by atoms with van der Waals surface area (Å²) < 4.78 is 16.7. The summed E-state index contributed by atoms with van der Waals surface area (Å²) in [5.41, 5.74) is 1.92. The number of ether oxygens (including phenoxy) is 3. The molecule has 7 nitrogen and oxygen atoms in total. The molecule has 0 aliphatic heterocycles. The van der Waals surface area contributed by atoms with E-state index in [4.69, 9.17) is 14.2 Å². The number of nitriles is 1. The molecule has 1 aliphatic rings. The molecule has 2 aromatic rings. The normalized spacial score (nSPS) is 13.1. The molecule has 1 amide bonds. The van der Waals surface area contributed by atoms with Crippen LogP contribution < -0.4 is 14.8 Å². The molecule has 0 atom stereocenters. The van der Waals surface area contributed by atoms with Crippen molar-refractivity contribution in [2.75, 3.05) is 18.5 Å². The molecular formula is C26H30N2O5S. The SMILES string of the molecule is CCOC(=O)c1c(NC(=O)C(C#N)=Cc2ccc(OC(C)C)c(OCC)c2)sc2c1CCCC2. The van der Waals surface area contributed by atoms with E-state index in [9.17, 15) is 14.9 Å². The summed E-state index contributed by atoms with van der Waals surface area (Å²) in [5.74, 6) is 0.118. The fourth-order valence-electron chi connectivity index (χ4n) is 3.79. The van der Waals surface area contributed by atoms with Crippen LogP contribution in [0.3, 0.4) is 0 Å². The Labute approximate surface area is 204 Å². The molecule has 0 radical (unpaired) electrons. The Morgan fingerprint density at radius 3 is 2.62 bits per heavy atom. The minimum atomic E-state index is -0.577. The first-order valence-electron chi connectivity index (χ1n) is 11.6. The van der Waals surface area contributed by atoms with E-state index in [-0.39, 0.29) is 18.3 Å². The predicted molar refractivity (Wildman–Crippen MR) is 133 cm³/mol. The van der Waals surface area contributed by atoms with Crippen molar-refractivity contribution in [3.05, 3.63) is 45.3 Å². The first kappa shape index (κ1) is 25.3. The fraction of sp³-hybridized carbons (Fsp3) is 0.423. The third-order valence-corrected chi connectivity index (χ3v) is 6.39. The molecule has 0 saturated heterocycles. The molecule has 0 unspecified atom stereocenters. The van der Waals surface area contributed by atoms with Crippen LogP contribution in [0.15, 0.2) is 23.8 Å². The van der Waals surface area contributed by atoms with Gasteiger partial charge in [0.05, 0.1) is 24.9 Å². The van der Waals surface area contributed by atoms with Crippen LogP contribution in [0.2, 0.25) is 0 Å². The second-order valence-corrected chi connectivity index (χ2v) is 9.17. The number of anilines is 1. The average Bonchev–Trinajstić information content (AvgIpc) is 3.16. The monoisotopic (exact) mass is 482 g/mol. The minimum absolute atomic E-state index is 0.0220. The van der Waals surface area contributed by atoms with Gasteiger partial charge in [0.2, 0.25) is 0 Å². The fourth-order valence-corrected chi connectivity index (χ4v) is 5.07. The first-order chi connectivity index (χ1) is 16.4. The van der Waals surface area contributed by atoms with Crippen molar-refractivity contribution in [2.24, 2.45) is 0 Å². The van der Waals surface area contributed by atoms with Crippen LogP contribution in [-0.4, -0.2) is 31.2 Å². The van der Waals surface area contributed by atoms with E-state index in [2.05, 4.69) is 5.32 Å². The highest BCUT2D eigenvalue weighted by Gasteiger charge is 2.27. The number of amides is 1. The molecule has 180 valence electrons. The predicted octanol–water partition coefficient (Wildman–Crippen LogP) is 5.54. The number of hydrogen-bond donors (Lipinski definition) is 1. The van der Waals surface area contributed by atoms with Crippen LogP contribution in [0.25, 0.3) is 6.08 Å². The zero-order valence-electron chi connectivity index (χ0n) is 20.0. The van der Waals surface area contributed by atoms with Crippen molar-refractivity contribution >= 4 is 34.3 Å². The molecule has 3 rings (SSSR count). The largest absolute Gasteiger partial charge is 0.490 e. The van der Waals surface area contributed by atoms with Gasteiger partial charge in [-0.15, -0.1) is 11.3 Å². The van der Waals surface area contributed by atoms with E-state index in [0.29, 0.717) is 34.2 Å². The number of esters is 1. The van der Waals surface area contributed by atoms with Crippen LogP contribution in [-0.2, 0) is 22.4 Å². The highest BCUT2D eigenvalue weighted by Crippen LogP contribution is 2.39. The number of hydrogen-bond acceptors (Lipinski definition) is 7. The Balaban J connectivity index is 1.90. The number of carbonyl (C=O) groups is 2. The molecule has 8 heteroatoms. The van der Waals surface area contributed by atoms with Crippen LogP contribution in [0, 0.1) is 11.3 Å². The molecule has 0 bridgehead atoms. The highest BCUT2D eigenvalue weighted by molar-refractivity contribution is 7.17. The topological polar surface area (TPSA) is 97.7 Å². The van der Waals surface area contributed by atoms with Crippen molar-refractivity contribution in [1.82, 2.24) is 0 Å². The van der Waals surface area contributed by atoms with E-state index in [1.54, 1.807) is 25.1 Å². The van der Waals surface area contributed by atoms with Crippen LogP contribution >= 0.6 is 11.3 Å². The molecule has 0 fully saturated rings. The lowest BCUT2D eigenvalue weighted by Gasteiger charge is -2.15. The van der Waals surface area contributed by atoms with E-state index in [1.807, 2.05) is 26.8 Å². The van der Waals surface area contributed by atoms with Gasteiger partial charge < -0.3 is 19.5 Å². The average molecular weight is 483 g/mol. The molecule has 0 spiro atoms. The second-order valence-electron chi connectivity index (χ2n) is 8.07. The summed E-state index contributed by atoms with van der Waals surface area (Å²) in [5, 5.41) is 12.9. The Kier molecular flexibility index (Phi) is 8.72. The third-order valence-electron chi connectivity index (χ3n) is 5.18. The van der Waals surface area contributed by atoms with Crippen molar-refractivity contribution in [2.45, 2.75) is 59.5 Å². The molecule has 1 aromatic heterocycles. The summed E-state index contributed by atoms with van der Waals surface area (Å²) in [7, 11) is 0. The van der Waals surface area contributed by atoms with Gasteiger partial charge in [0, 0.05) is 4.88 Å². The molecule has 1 N–H and O–H groups in total. The molecular weight excluding hydrogens is 452 g/mol. The van der Waals surface area contributed by atoms with Gasteiger partial charge in [-0.2, -0.15) is 5.26 Å². The van der Waals surface area contributed by atoms with Crippen molar-refractivity contribution in [1.29, 1.82) is 5.26 Å². The lowest BCUT2D eigenvalue weighted by molar-refractivity contribution is -0.112. The summed E-state index contributed by atoms with van der Waals surface area (Å²) in [6.07, 6.45) is 5.16. The summed E-state index contributed by atoms with van der Waals surface area (Å²) in [6.45, 7) is 8.17. The first-order valence-corrected chi connectivity index (χ1v) is 12.4. The zero-order valence-corrected chi connectivity index (χ0v) is 20.8. The Morgan fingerprint density at radius 2 is 1.94 bits per heavy atom. The molecule has 34 heavy (non-hydrogen) atoms. The van der Waals surface area contributed by atoms with Gasteiger partial charge >= 0.3 is 5.97 Å². The van der Waals surface area contributed by atoms with Gasteiger partial charge in [-0.25, -0.2) is 4.79 Å². The molecule has 1 heterocycles. The van der Waals surface area contributed by atoms with Crippen molar-refractivity contribution in [3.63, 3.8) is 0 Å². The maximum Gasteiger partial charge on any atom is 0.341 e. The quantitative estimate of drug-likeness (QED) is 0.286. The maximum atomic E-state index is 13.0. The smallest absolute Gasteiger partial charge is 0.341 e. The van der Waals surface area contributed by atoms with Gasteiger partial charge in [-0.3, -0.25) is 4.79 Å². The van der Waals surface area contributed by atoms with Gasteiger partial charge in [0.1, 0.15) is 16.6 Å². The van der Waals surface area contributed by atoms with E-state index in [1.165, 1.54) is 17.4 Å². The van der Waals surface area contributed by atoms with Crippen LogP contribution in [0.5, 0.6) is 11.5 Å². The second kappa shape index (κ2) is 11.7. The van der Waals surface area contributed by atoms with E-state index >= 15 is 0 Å². The van der Waals surface area contributed by atoms with Crippen LogP contribution in [0.4, 0.5) is 5.00 Å². The molecule has 1 aromatic carbocycles. The van der Waals surface area contributed by atoms with E-state index < -0.39 is 11.9 Å². The minimum Gasteiger partial charge on any atom is -0.490 e. The van der Waals surface area contributed by atoms with Gasteiger partial charge in [-0.1, -0.05) is 6.07 Å². The number of thiophene rings is 1. The number of carbonyl (C=O) groups excluding carboxylic acids is 2. The summed E-state index contributed by atoms with van der Waals surface area (Å²) in [4.78, 5) is 26.8. The number of nitrogens with one attached hydrogen (secondary N) is 1. The number of rotatable bonds is 9. The molecule has 1 aliphatic carbocycles. The molecule has 0 saturated carbocycles. The lowest BCUT2D eigenvalue weighted by Crippen LogP contribution is -2.16. The van der Waals surface area contributed by atoms with Crippen molar-refractivity contribution in [3.8, 4) is 17.6 Å². The third kappa shape index (κ3) is 5.97. The summed E-state index contributed by atoms with van der Waals surface area (Å²) in [6, 6.07) is 7.23. The van der Waals surface area contributed by atoms with E-state index in [0.717, 1.165) is 36.1 Å². The number of fused-ring (bicyclic) bond motifs is 1. The van der Waals surface area contributed by atoms with Crippen molar-refractivity contribution < 1.29 is 23.8 Å². The lowest BCUT2D eigenvalue weighted by atomic mass is 9.95. The standard InChI is InChI=1S/C26H30N2O5S/c1-5-31-21-14-17(11-12-20(21)33-16(3)4)13-18(15-27)24(29)28-25-23(26(30)32-6-2)19-9-7-8-10-22(19)34-25/h11-14,16H,5-10H2,1-4H3,(H,28,29).